The Morgan fingerprint density at radius 2 is 1.22 bits per heavy atom. The Kier molecular flexibility index (Phi) is 11.4. The summed E-state index contributed by atoms with van der Waals surface area (Å²) in [7, 11) is 0. The van der Waals surface area contributed by atoms with Crippen LogP contribution in [0.1, 0.15) is 103 Å². The van der Waals surface area contributed by atoms with Crippen molar-refractivity contribution >= 4 is 21.8 Å². The van der Waals surface area contributed by atoms with Gasteiger partial charge in [0.15, 0.2) is 0 Å². The van der Waals surface area contributed by atoms with Crippen LogP contribution in [0.15, 0.2) is 66.7 Å². The van der Waals surface area contributed by atoms with E-state index in [9.17, 15) is 0 Å². The van der Waals surface area contributed by atoms with Crippen LogP contribution in [0.2, 0.25) is 0 Å². The summed E-state index contributed by atoms with van der Waals surface area (Å²) in [5.74, 6) is 1.91. The number of aromatic nitrogens is 2. The molecular formula is C34H46N2O. The minimum absolute atomic E-state index is 0.492. The fourth-order valence-electron chi connectivity index (χ4n) is 5.35. The number of nitrogens with zero attached hydrogens (tertiary/aromatic N) is 2. The highest BCUT2D eigenvalue weighted by atomic mass is 16.5. The Labute approximate surface area is 224 Å². The van der Waals surface area contributed by atoms with Gasteiger partial charge in [-0.1, -0.05) is 133 Å². The van der Waals surface area contributed by atoms with Gasteiger partial charge in [-0.25, -0.2) is 4.98 Å². The second-order valence-corrected chi connectivity index (χ2v) is 10.6. The summed E-state index contributed by atoms with van der Waals surface area (Å²) >= 11 is 0. The quantitative estimate of drug-likeness (QED) is 0.128. The number of rotatable bonds is 18. The Bertz CT molecular complexity index is 1190. The maximum Gasteiger partial charge on any atom is 0.147 e. The molecule has 37 heavy (non-hydrogen) atoms. The van der Waals surface area contributed by atoms with Gasteiger partial charge in [-0.05, 0) is 41.5 Å². The molecule has 198 valence electrons. The fraction of sp³-hybridized carbons (Fsp3) is 0.500. The lowest BCUT2D eigenvalue weighted by atomic mass is 10.0. The van der Waals surface area contributed by atoms with Crippen molar-refractivity contribution in [1.29, 1.82) is 0 Å². The molecule has 0 radical (unpaired) electrons. The molecule has 0 amide bonds. The first kappa shape index (κ1) is 27.2. The first-order chi connectivity index (χ1) is 18.3. The number of ether oxygens (including phenoxy) is 1. The maximum atomic E-state index is 6.21. The van der Waals surface area contributed by atoms with Gasteiger partial charge in [0.1, 0.15) is 18.2 Å². The lowest BCUT2D eigenvalue weighted by Gasteiger charge is -2.11. The zero-order chi connectivity index (χ0) is 25.5. The minimum Gasteiger partial charge on any atom is -0.486 e. The van der Waals surface area contributed by atoms with Crippen LogP contribution in [0.5, 0.6) is 5.75 Å². The van der Waals surface area contributed by atoms with Gasteiger partial charge in [0, 0.05) is 6.54 Å². The van der Waals surface area contributed by atoms with E-state index in [1.165, 1.54) is 106 Å². The minimum atomic E-state index is 0.492. The van der Waals surface area contributed by atoms with E-state index in [-0.39, 0.29) is 0 Å². The van der Waals surface area contributed by atoms with Crippen molar-refractivity contribution in [3.63, 3.8) is 0 Å². The van der Waals surface area contributed by atoms with Crippen LogP contribution in [0.3, 0.4) is 0 Å². The molecule has 1 heterocycles. The molecule has 1 aromatic heterocycles. The van der Waals surface area contributed by atoms with Gasteiger partial charge >= 0.3 is 0 Å². The third-order valence-corrected chi connectivity index (χ3v) is 7.56. The molecule has 3 aromatic carbocycles. The fourth-order valence-corrected chi connectivity index (χ4v) is 5.35. The van der Waals surface area contributed by atoms with Gasteiger partial charge in [0.2, 0.25) is 0 Å². The van der Waals surface area contributed by atoms with Crippen LogP contribution < -0.4 is 4.74 Å². The summed E-state index contributed by atoms with van der Waals surface area (Å²) in [5, 5.41) is 2.44. The molecule has 3 heteroatoms. The predicted molar refractivity (Wildman–Crippen MR) is 158 cm³/mol. The third kappa shape index (κ3) is 8.62. The average Bonchev–Trinajstić information content (AvgIpc) is 3.29. The molecular weight excluding hydrogens is 452 g/mol. The molecule has 0 unspecified atom stereocenters. The number of benzene rings is 3. The van der Waals surface area contributed by atoms with Gasteiger partial charge in [0.25, 0.3) is 0 Å². The van der Waals surface area contributed by atoms with Gasteiger partial charge in [-0.3, -0.25) is 0 Å². The summed E-state index contributed by atoms with van der Waals surface area (Å²) in [6, 6.07) is 23.2. The molecule has 4 aromatic rings. The van der Waals surface area contributed by atoms with E-state index in [0.29, 0.717) is 6.61 Å². The highest BCUT2D eigenvalue weighted by Gasteiger charge is 2.11. The first-order valence-corrected chi connectivity index (χ1v) is 14.9. The van der Waals surface area contributed by atoms with Gasteiger partial charge in [-0.2, -0.15) is 0 Å². The Hall–Kier alpha value is -2.81. The molecule has 0 bridgehead atoms. The van der Waals surface area contributed by atoms with E-state index in [1.807, 2.05) is 0 Å². The van der Waals surface area contributed by atoms with Gasteiger partial charge < -0.3 is 9.30 Å². The second kappa shape index (κ2) is 15.4. The zero-order valence-electron chi connectivity index (χ0n) is 23.0. The van der Waals surface area contributed by atoms with E-state index >= 15 is 0 Å². The molecule has 0 saturated heterocycles. The second-order valence-electron chi connectivity index (χ2n) is 10.6. The van der Waals surface area contributed by atoms with E-state index in [1.54, 1.807) is 0 Å². The van der Waals surface area contributed by atoms with Crippen LogP contribution in [-0.4, -0.2) is 9.55 Å². The van der Waals surface area contributed by atoms with Crippen molar-refractivity contribution in [3.8, 4) is 5.75 Å². The highest BCUT2D eigenvalue weighted by Crippen LogP contribution is 2.23. The van der Waals surface area contributed by atoms with Gasteiger partial charge in [-0.15, -0.1) is 0 Å². The standard InChI is InChI=1S/C34H46N2O/c1-2-3-4-5-6-7-8-9-10-11-12-13-14-19-26-36-33-23-18-17-22-32(33)35-34(36)28-37-31-25-24-29-20-15-16-21-30(29)27-31/h15-18,20-25,27H,2-14,19,26,28H2,1H3. The van der Waals surface area contributed by atoms with Crippen molar-refractivity contribution in [3.05, 3.63) is 72.6 Å². The van der Waals surface area contributed by atoms with Crippen LogP contribution in [0.25, 0.3) is 21.8 Å². The van der Waals surface area contributed by atoms with Crippen molar-refractivity contribution in [1.82, 2.24) is 9.55 Å². The van der Waals surface area contributed by atoms with Crippen molar-refractivity contribution in [2.75, 3.05) is 0 Å². The van der Waals surface area contributed by atoms with Crippen molar-refractivity contribution in [2.24, 2.45) is 0 Å². The van der Waals surface area contributed by atoms with Gasteiger partial charge in [0.05, 0.1) is 11.0 Å². The van der Waals surface area contributed by atoms with Crippen LogP contribution in [0.4, 0.5) is 0 Å². The summed E-state index contributed by atoms with van der Waals surface area (Å²) in [6.45, 7) is 3.79. The molecule has 0 fully saturated rings. The Morgan fingerprint density at radius 1 is 0.622 bits per heavy atom. The van der Waals surface area contributed by atoms with Crippen LogP contribution >= 0.6 is 0 Å². The maximum absolute atomic E-state index is 6.21. The molecule has 0 spiro atoms. The zero-order valence-corrected chi connectivity index (χ0v) is 23.0. The normalized spacial score (nSPS) is 11.5. The Morgan fingerprint density at radius 3 is 1.92 bits per heavy atom. The molecule has 0 aliphatic carbocycles. The molecule has 0 saturated carbocycles. The van der Waals surface area contributed by atoms with E-state index < -0.39 is 0 Å². The SMILES string of the molecule is CCCCCCCCCCCCCCCCn1c(COc2ccc3ccccc3c2)nc2ccccc21. The summed E-state index contributed by atoms with van der Waals surface area (Å²) in [5.41, 5.74) is 2.28. The van der Waals surface area contributed by atoms with Crippen molar-refractivity contribution in [2.45, 2.75) is 110 Å². The molecule has 0 aliphatic rings. The summed E-state index contributed by atoms with van der Waals surface area (Å²) < 4.78 is 8.58. The number of imidazole rings is 1. The first-order valence-electron chi connectivity index (χ1n) is 14.9. The predicted octanol–water partition coefficient (Wildman–Crippen LogP) is 10.2. The number of unbranched alkanes of at least 4 members (excludes halogenated alkanes) is 13. The number of aryl methyl sites for hydroxylation is 1. The summed E-state index contributed by atoms with van der Waals surface area (Å²) in [4.78, 5) is 4.91. The lowest BCUT2D eigenvalue weighted by molar-refractivity contribution is 0.290. The number of hydrogen-bond acceptors (Lipinski definition) is 2. The van der Waals surface area contributed by atoms with E-state index in [2.05, 4.69) is 78.2 Å². The van der Waals surface area contributed by atoms with Crippen molar-refractivity contribution < 1.29 is 4.74 Å². The highest BCUT2D eigenvalue weighted by molar-refractivity contribution is 5.83. The average molecular weight is 499 g/mol. The number of fused-ring (bicyclic) bond motifs is 2. The number of para-hydroxylation sites is 2. The largest absolute Gasteiger partial charge is 0.486 e. The summed E-state index contributed by atoms with van der Waals surface area (Å²) in [6.07, 6.45) is 19.4. The van der Waals surface area contributed by atoms with Crippen LogP contribution in [0, 0.1) is 0 Å². The Balaban J connectivity index is 1.17. The molecule has 0 N–H and O–H groups in total. The topological polar surface area (TPSA) is 27.1 Å². The lowest BCUT2D eigenvalue weighted by Crippen LogP contribution is -2.07. The molecule has 0 aliphatic heterocycles. The molecule has 3 nitrogen and oxygen atoms in total. The molecule has 0 atom stereocenters. The number of hydrogen-bond donors (Lipinski definition) is 0. The smallest absolute Gasteiger partial charge is 0.147 e. The van der Waals surface area contributed by atoms with E-state index in [0.717, 1.165) is 23.6 Å². The monoisotopic (exact) mass is 498 g/mol. The third-order valence-electron chi connectivity index (χ3n) is 7.56. The van der Waals surface area contributed by atoms with E-state index in [4.69, 9.17) is 9.72 Å². The molecule has 4 rings (SSSR count). The van der Waals surface area contributed by atoms with Crippen LogP contribution in [-0.2, 0) is 13.2 Å².